The first-order valence-corrected chi connectivity index (χ1v) is 3.16. The first-order valence-electron chi connectivity index (χ1n) is 3.16. The summed E-state index contributed by atoms with van der Waals surface area (Å²) in [6, 6.07) is 0. The van der Waals surface area contributed by atoms with Gasteiger partial charge in [-0.15, -0.1) is 5.10 Å². The largest absolute Gasteiger partial charge is 0.291 e. The van der Waals surface area contributed by atoms with Gasteiger partial charge in [0.1, 0.15) is 6.54 Å². The van der Waals surface area contributed by atoms with Gasteiger partial charge >= 0.3 is 0 Å². The Balaban J connectivity index is 2.84. The van der Waals surface area contributed by atoms with Gasteiger partial charge in [-0.25, -0.2) is 13.5 Å². The van der Waals surface area contributed by atoms with Crippen molar-refractivity contribution in [3.05, 3.63) is 5.82 Å². The standard InChI is InChI=1S/C5H6F2N4O/c1-3(12)5-8-9-10-11(5)2-4(6)7/h4H,2H2,1H3. The fourth-order valence-electron chi connectivity index (χ4n) is 0.710. The molecule has 0 aliphatic heterocycles. The second-order valence-electron chi connectivity index (χ2n) is 2.13. The van der Waals surface area contributed by atoms with Crippen molar-refractivity contribution < 1.29 is 13.6 Å². The quantitative estimate of drug-likeness (QED) is 0.614. The maximum absolute atomic E-state index is 11.8. The Morgan fingerprint density at radius 2 is 2.33 bits per heavy atom. The summed E-state index contributed by atoms with van der Waals surface area (Å²) >= 11 is 0. The molecule has 0 radical (unpaired) electrons. The molecule has 0 N–H and O–H groups in total. The molecule has 7 heteroatoms. The van der Waals surface area contributed by atoms with E-state index in [-0.39, 0.29) is 5.82 Å². The summed E-state index contributed by atoms with van der Waals surface area (Å²) in [6.07, 6.45) is -2.56. The summed E-state index contributed by atoms with van der Waals surface area (Å²) in [7, 11) is 0. The molecular formula is C5H6F2N4O. The molecule has 0 aliphatic carbocycles. The molecule has 1 aromatic heterocycles. The van der Waals surface area contributed by atoms with Crippen molar-refractivity contribution in [2.75, 3.05) is 0 Å². The number of halogens is 2. The van der Waals surface area contributed by atoms with Crippen LogP contribution in [0.5, 0.6) is 0 Å². The molecule has 0 spiro atoms. The lowest BCUT2D eigenvalue weighted by Crippen LogP contribution is -2.14. The topological polar surface area (TPSA) is 60.7 Å². The van der Waals surface area contributed by atoms with Crippen LogP contribution in [0, 0.1) is 0 Å². The maximum atomic E-state index is 11.8. The molecule has 66 valence electrons. The van der Waals surface area contributed by atoms with E-state index in [0.29, 0.717) is 0 Å². The van der Waals surface area contributed by atoms with E-state index in [1.807, 2.05) is 0 Å². The van der Waals surface area contributed by atoms with Crippen molar-refractivity contribution in [2.24, 2.45) is 0 Å². The molecule has 0 aromatic carbocycles. The third-order valence-electron chi connectivity index (χ3n) is 1.16. The van der Waals surface area contributed by atoms with E-state index in [4.69, 9.17) is 0 Å². The Hall–Kier alpha value is -1.40. The number of hydrogen-bond donors (Lipinski definition) is 0. The van der Waals surface area contributed by atoms with Crippen LogP contribution in [0.3, 0.4) is 0 Å². The maximum Gasteiger partial charge on any atom is 0.258 e. The molecular weight excluding hydrogens is 170 g/mol. The van der Waals surface area contributed by atoms with E-state index in [2.05, 4.69) is 15.5 Å². The Bertz CT molecular complexity index is 285. The van der Waals surface area contributed by atoms with Crippen molar-refractivity contribution in [3.8, 4) is 0 Å². The molecule has 0 bridgehead atoms. The molecule has 0 unspecified atom stereocenters. The van der Waals surface area contributed by atoms with Crippen molar-refractivity contribution in [1.29, 1.82) is 0 Å². The second-order valence-corrected chi connectivity index (χ2v) is 2.13. The number of alkyl halides is 2. The number of hydrogen-bond acceptors (Lipinski definition) is 4. The zero-order valence-electron chi connectivity index (χ0n) is 6.24. The summed E-state index contributed by atoms with van der Waals surface area (Å²) in [6.45, 7) is 0.565. The number of rotatable bonds is 3. The van der Waals surface area contributed by atoms with Gasteiger partial charge < -0.3 is 0 Å². The highest BCUT2D eigenvalue weighted by Gasteiger charge is 2.14. The van der Waals surface area contributed by atoms with Crippen molar-refractivity contribution >= 4 is 5.78 Å². The predicted octanol–water partition coefficient (Wildman–Crippen LogP) is 0.141. The van der Waals surface area contributed by atoms with E-state index in [1.54, 1.807) is 0 Å². The Morgan fingerprint density at radius 1 is 1.67 bits per heavy atom. The summed E-state index contributed by atoms with van der Waals surface area (Å²) < 4.78 is 24.4. The Kier molecular flexibility index (Phi) is 2.41. The number of Topliss-reactive ketones (excluding diaryl/α,β-unsaturated/α-hetero) is 1. The average molecular weight is 176 g/mol. The Labute approximate surface area is 66.4 Å². The van der Waals surface area contributed by atoms with Crippen LogP contribution in [0.15, 0.2) is 0 Å². The van der Waals surface area contributed by atoms with Gasteiger partial charge in [-0.1, -0.05) is 0 Å². The molecule has 0 aliphatic rings. The molecule has 0 amide bonds. The van der Waals surface area contributed by atoms with Crippen molar-refractivity contribution in [1.82, 2.24) is 20.2 Å². The van der Waals surface area contributed by atoms with Gasteiger partial charge in [0.2, 0.25) is 5.82 Å². The SMILES string of the molecule is CC(=O)c1nnnn1CC(F)F. The molecule has 0 fully saturated rings. The summed E-state index contributed by atoms with van der Waals surface area (Å²) in [5.41, 5.74) is 0. The third-order valence-corrected chi connectivity index (χ3v) is 1.16. The van der Waals surface area contributed by atoms with Crippen LogP contribution in [-0.4, -0.2) is 32.4 Å². The summed E-state index contributed by atoms with van der Waals surface area (Å²) in [5, 5.41) is 9.63. The molecule has 0 atom stereocenters. The fourth-order valence-corrected chi connectivity index (χ4v) is 0.710. The highest BCUT2D eigenvalue weighted by molar-refractivity contribution is 5.90. The van der Waals surface area contributed by atoms with Gasteiger partial charge in [-0.3, -0.25) is 4.79 Å². The van der Waals surface area contributed by atoms with Gasteiger partial charge in [-0.05, 0) is 10.4 Å². The van der Waals surface area contributed by atoms with Crippen LogP contribution in [0.2, 0.25) is 0 Å². The molecule has 0 saturated carbocycles. The van der Waals surface area contributed by atoms with Gasteiger partial charge in [-0.2, -0.15) is 0 Å². The summed E-state index contributed by atoms with van der Waals surface area (Å²) in [5.74, 6) is -0.573. The van der Waals surface area contributed by atoms with Crippen LogP contribution < -0.4 is 0 Å². The molecule has 12 heavy (non-hydrogen) atoms. The average Bonchev–Trinajstić information content (AvgIpc) is 2.33. The van der Waals surface area contributed by atoms with Gasteiger partial charge in [0.05, 0.1) is 0 Å². The minimum atomic E-state index is -2.56. The van der Waals surface area contributed by atoms with Crippen molar-refractivity contribution in [3.63, 3.8) is 0 Å². The highest BCUT2D eigenvalue weighted by Crippen LogP contribution is 1.99. The summed E-state index contributed by atoms with van der Waals surface area (Å²) in [4.78, 5) is 10.7. The first-order chi connectivity index (χ1) is 5.61. The van der Waals surface area contributed by atoms with Gasteiger partial charge in [0.15, 0.2) is 5.78 Å². The van der Waals surface area contributed by atoms with E-state index < -0.39 is 18.8 Å². The monoisotopic (exact) mass is 176 g/mol. The van der Waals surface area contributed by atoms with Gasteiger partial charge in [0.25, 0.3) is 6.43 Å². The Morgan fingerprint density at radius 3 is 2.83 bits per heavy atom. The fraction of sp³-hybridized carbons (Fsp3) is 0.600. The lowest BCUT2D eigenvalue weighted by molar-refractivity contribution is 0.0974. The number of tetrazole rings is 1. The van der Waals surface area contributed by atoms with E-state index >= 15 is 0 Å². The zero-order chi connectivity index (χ0) is 9.14. The molecule has 0 saturated heterocycles. The number of ketones is 1. The lowest BCUT2D eigenvalue weighted by atomic mass is 10.4. The molecule has 1 aromatic rings. The number of aromatic nitrogens is 4. The predicted molar refractivity (Wildman–Crippen MR) is 33.8 cm³/mol. The van der Waals surface area contributed by atoms with Crippen LogP contribution in [0.1, 0.15) is 17.5 Å². The molecule has 5 nitrogen and oxygen atoms in total. The number of carbonyl (C=O) groups is 1. The lowest BCUT2D eigenvalue weighted by Gasteiger charge is -1.99. The minimum Gasteiger partial charge on any atom is -0.291 e. The van der Waals surface area contributed by atoms with Crippen molar-refractivity contribution in [2.45, 2.75) is 19.9 Å². The molecule has 1 heterocycles. The second kappa shape index (κ2) is 3.33. The zero-order valence-corrected chi connectivity index (χ0v) is 6.24. The van der Waals surface area contributed by atoms with Crippen LogP contribution in [0.25, 0.3) is 0 Å². The van der Waals surface area contributed by atoms with E-state index in [1.165, 1.54) is 6.92 Å². The van der Waals surface area contributed by atoms with Crippen LogP contribution >= 0.6 is 0 Å². The van der Waals surface area contributed by atoms with Crippen LogP contribution in [-0.2, 0) is 6.54 Å². The van der Waals surface area contributed by atoms with Crippen LogP contribution in [0.4, 0.5) is 8.78 Å². The highest BCUT2D eigenvalue weighted by atomic mass is 19.3. The smallest absolute Gasteiger partial charge is 0.258 e. The van der Waals surface area contributed by atoms with E-state index in [0.717, 1.165) is 4.68 Å². The number of carbonyl (C=O) groups excluding carboxylic acids is 1. The third kappa shape index (κ3) is 1.80. The molecule has 1 rings (SSSR count). The van der Waals surface area contributed by atoms with E-state index in [9.17, 15) is 13.6 Å². The first kappa shape index (κ1) is 8.69. The minimum absolute atomic E-state index is 0.143. The number of nitrogens with zero attached hydrogens (tertiary/aromatic N) is 4. The van der Waals surface area contributed by atoms with Gasteiger partial charge in [0, 0.05) is 6.92 Å². The normalized spacial score (nSPS) is 10.7.